The van der Waals surface area contributed by atoms with Crippen LogP contribution < -0.4 is 10.3 Å². The van der Waals surface area contributed by atoms with Crippen molar-refractivity contribution in [2.24, 2.45) is 15.1 Å². The van der Waals surface area contributed by atoms with E-state index in [2.05, 4.69) is 10.2 Å². The van der Waals surface area contributed by atoms with Gasteiger partial charge in [0.2, 0.25) is 0 Å². The Labute approximate surface area is 140 Å². The summed E-state index contributed by atoms with van der Waals surface area (Å²) in [6.45, 7) is 9.27. The van der Waals surface area contributed by atoms with Gasteiger partial charge in [0.15, 0.2) is 11.7 Å². The molecule has 0 bridgehead atoms. The molecule has 3 aliphatic rings. The molecule has 1 aromatic rings. The van der Waals surface area contributed by atoms with Gasteiger partial charge in [-0.05, 0) is 32.4 Å². The van der Waals surface area contributed by atoms with Crippen molar-refractivity contribution >= 4 is 28.8 Å². The number of hydrogen-bond acceptors (Lipinski definition) is 6. The van der Waals surface area contributed by atoms with Crippen LogP contribution in [0.25, 0.3) is 0 Å². The maximum atomic E-state index is 14.1. The number of piperazine rings is 1. The molecule has 3 aliphatic heterocycles. The Morgan fingerprint density at radius 3 is 2.67 bits per heavy atom. The number of aryl methyl sites for hydroxylation is 1. The van der Waals surface area contributed by atoms with Gasteiger partial charge in [-0.1, -0.05) is 0 Å². The number of hydrogen-bond donors (Lipinski definition) is 1. The summed E-state index contributed by atoms with van der Waals surface area (Å²) in [6, 6.07) is 3.31. The number of amidine groups is 2. The normalized spacial score (nSPS) is 23.2. The highest BCUT2D eigenvalue weighted by Crippen LogP contribution is 2.37. The molecule has 4 rings (SSSR count). The molecule has 6 nitrogen and oxygen atoms in total. The van der Waals surface area contributed by atoms with E-state index in [1.807, 2.05) is 18.9 Å². The third kappa shape index (κ3) is 2.39. The van der Waals surface area contributed by atoms with Crippen molar-refractivity contribution in [2.45, 2.75) is 26.8 Å². The monoisotopic (exact) mass is 328 g/mol. The van der Waals surface area contributed by atoms with Crippen molar-refractivity contribution in [3.8, 4) is 0 Å². The van der Waals surface area contributed by atoms with Gasteiger partial charge in [0.05, 0.1) is 23.1 Å². The molecule has 0 amide bonds. The highest BCUT2D eigenvalue weighted by atomic mass is 19.1. The van der Waals surface area contributed by atoms with Crippen LogP contribution in [0, 0.1) is 12.7 Å². The summed E-state index contributed by atoms with van der Waals surface area (Å²) >= 11 is 0. The van der Waals surface area contributed by atoms with Gasteiger partial charge >= 0.3 is 0 Å². The first-order valence-corrected chi connectivity index (χ1v) is 8.32. The van der Waals surface area contributed by atoms with Gasteiger partial charge < -0.3 is 10.2 Å². The Bertz CT molecular complexity index is 776. The number of fused-ring (bicyclic) bond motifs is 3. The molecule has 0 aliphatic carbocycles. The highest BCUT2D eigenvalue weighted by Gasteiger charge is 2.34. The second-order valence-corrected chi connectivity index (χ2v) is 6.44. The molecule has 3 heterocycles. The maximum absolute atomic E-state index is 14.1. The zero-order valence-electron chi connectivity index (χ0n) is 14.2. The smallest absolute Gasteiger partial charge is 0.193 e. The predicted molar refractivity (Wildman–Crippen MR) is 95.2 cm³/mol. The molecule has 1 fully saturated rings. The lowest BCUT2D eigenvalue weighted by Gasteiger charge is -2.38. The van der Waals surface area contributed by atoms with E-state index in [1.165, 1.54) is 6.07 Å². The van der Waals surface area contributed by atoms with E-state index in [0.717, 1.165) is 49.2 Å². The lowest BCUT2D eigenvalue weighted by Crippen LogP contribution is -2.53. The average Bonchev–Trinajstić information content (AvgIpc) is 2.58. The summed E-state index contributed by atoms with van der Waals surface area (Å²) in [7, 11) is 0. The summed E-state index contributed by atoms with van der Waals surface area (Å²) in [4.78, 5) is 11.8. The van der Waals surface area contributed by atoms with Gasteiger partial charge in [0.25, 0.3) is 0 Å². The lowest BCUT2D eigenvalue weighted by atomic mass is 10.1. The van der Waals surface area contributed by atoms with Crippen molar-refractivity contribution < 1.29 is 4.39 Å². The van der Waals surface area contributed by atoms with Crippen molar-refractivity contribution in [1.82, 2.24) is 10.2 Å². The second kappa shape index (κ2) is 5.66. The van der Waals surface area contributed by atoms with Crippen LogP contribution in [0.15, 0.2) is 27.2 Å². The summed E-state index contributed by atoms with van der Waals surface area (Å²) in [6.07, 6.45) is 0. The van der Waals surface area contributed by atoms with Crippen LogP contribution in [0.2, 0.25) is 0 Å². The van der Waals surface area contributed by atoms with Crippen LogP contribution in [0.3, 0.4) is 0 Å². The minimum atomic E-state index is -0.247. The van der Waals surface area contributed by atoms with E-state index in [0.29, 0.717) is 11.3 Å². The van der Waals surface area contributed by atoms with Crippen LogP contribution in [-0.4, -0.2) is 54.5 Å². The van der Waals surface area contributed by atoms with E-state index >= 15 is 0 Å². The Morgan fingerprint density at radius 1 is 1.17 bits per heavy atom. The predicted octanol–water partition coefficient (Wildman–Crippen LogP) is 2.07. The number of nitrogens with zero attached hydrogens (tertiary/aromatic N) is 5. The van der Waals surface area contributed by atoms with E-state index in [4.69, 9.17) is 15.1 Å². The SMILES string of the molecule is CC1=NN2C(=NC1C)C(N1CCNCC1)=Nc1cc(F)c(C)cc12. The average molecular weight is 328 g/mol. The first-order valence-electron chi connectivity index (χ1n) is 8.32. The number of nitrogens with one attached hydrogen (secondary N) is 1. The Hall–Kier alpha value is -2.28. The number of rotatable bonds is 0. The van der Waals surface area contributed by atoms with E-state index in [-0.39, 0.29) is 11.9 Å². The van der Waals surface area contributed by atoms with Crippen molar-refractivity contribution in [2.75, 3.05) is 31.2 Å². The van der Waals surface area contributed by atoms with Crippen molar-refractivity contribution in [3.05, 3.63) is 23.5 Å². The molecule has 7 heteroatoms. The van der Waals surface area contributed by atoms with Crippen LogP contribution >= 0.6 is 0 Å². The van der Waals surface area contributed by atoms with Gasteiger partial charge in [0.1, 0.15) is 5.82 Å². The third-order valence-electron chi connectivity index (χ3n) is 4.71. The fraction of sp³-hybridized carbons (Fsp3) is 0.471. The quantitative estimate of drug-likeness (QED) is 0.793. The maximum Gasteiger partial charge on any atom is 0.193 e. The first-order chi connectivity index (χ1) is 11.5. The number of aliphatic imine (C=N–C) groups is 2. The molecule has 1 unspecified atom stereocenters. The van der Waals surface area contributed by atoms with Gasteiger partial charge in [-0.3, -0.25) is 4.99 Å². The summed E-state index contributed by atoms with van der Waals surface area (Å²) in [5.41, 5.74) is 2.92. The molecule has 24 heavy (non-hydrogen) atoms. The molecular formula is C17H21FN6. The van der Waals surface area contributed by atoms with E-state index in [1.54, 1.807) is 13.0 Å². The van der Waals surface area contributed by atoms with E-state index in [9.17, 15) is 4.39 Å². The Morgan fingerprint density at radius 2 is 1.92 bits per heavy atom. The fourth-order valence-corrected chi connectivity index (χ4v) is 3.11. The Balaban J connectivity index is 1.87. The largest absolute Gasteiger partial charge is 0.351 e. The highest BCUT2D eigenvalue weighted by molar-refractivity contribution is 6.47. The number of benzene rings is 1. The van der Waals surface area contributed by atoms with E-state index < -0.39 is 0 Å². The molecule has 1 N–H and O–H groups in total. The molecule has 126 valence electrons. The Kier molecular flexibility index (Phi) is 3.60. The number of anilines is 1. The number of hydrazone groups is 1. The minimum absolute atomic E-state index is 0.0208. The van der Waals surface area contributed by atoms with Crippen LogP contribution in [-0.2, 0) is 0 Å². The second-order valence-electron chi connectivity index (χ2n) is 6.44. The van der Waals surface area contributed by atoms with Crippen LogP contribution in [0.5, 0.6) is 0 Å². The van der Waals surface area contributed by atoms with Crippen LogP contribution in [0.1, 0.15) is 19.4 Å². The van der Waals surface area contributed by atoms with Gasteiger partial charge in [-0.15, -0.1) is 0 Å². The van der Waals surface area contributed by atoms with Gasteiger partial charge in [-0.2, -0.15) is 5.10 Å². The standard InChI is InChI=1S/C17H21FN6/c1-10-8-15-14(9-13(10)18)21-16(23-6-4-19-5-7-23)17-20-11(2)12(3)22-24(15)17/h8-9,11,19H,4-7H2,1-3H3. The minimum Gasteiger partial charge on any atom is -0.351 e. The lowest BCUT2D eigenvalue weighted by molar-refractivity contribution is 0.360. The summed E-state index contributed by atoms with van der Waals surface area (Å²) in [5.74, 6) is 1.30. The van der Waals surface area contributed by atoms with Gasteiger partial charge in [0, 0.05) is 32.2 Å². The summed E-state index contributed by atoms with van der Waals surface area (Å²) < 4.78 is 14.1. The molecule has 1 saturated heterocycles. The number of halogens is 1. The molecule has 0 aromatic heterocycles. The first kappa shape index (κ1) is 15.3. The molecule has 0 saturated carbocycles. The van der Waals surface area contributed by atoms with Crippen molar-refractivity contribution in [3.63, 3.8) is 0 Å². The zero-order valence-corrected chi connectivity index (χ0v) is 14.2. The molecule has 0 radical (unpaired) electrons. The zero-order chi connectivity index (χ0) is 16.8. The van der Waals surface area contributed by atoms with Crippen molar-refractivity contribution in [1.29, 1.82) is 0 Å². The molecule has 0 spiro atoms. The molecule has 1 aromatic carbocycles. The fourth-order valence-electron chi connectivity index (χ4n) is 3.11. The molecule has 1 atom stereocenters. The van der Waals surface area contributed by atoms with Gasteiger partial charge in [-0.25, -0.2) is 14.4 Å². The topological polar surface area (TPSA) is 55.6 Å². The van der Waals surface area contributed by atoms with Crippen LogP contribution in [0.4, 0.5) is 15.8 Å². The summed E-state index contributed by atoms with van der Waals surface area (Å²) in [5, 5.41) is 9.88. The molecular weight excluding hydrogens is 307 g/mol. The third-order valence-corrected chi connectivity index (χ3v) is 4.71.